The van der Waals surface area contributed by atoms with Gasteiger partial charge < -0.3 is 4.57 Å². The maximum absolute atomic E-state index is 13.2. The number of rotatable bonds is 3. The lowest BCUT2D eigenvalue weighted by molar-refractivity contribution is -0.122. The Bertz CT molecular complexity index is 1370. The molecule has 1 N–H and O–H groups in total. The number of barbiturate groups is 1. The molecule has 1 aromatic heterocycles. The number of anilines is 1. The number of benzene rings is 2. The number of aromatic nitrogens is 1. The van der Waals surface area contributed by atoms with E-state index in [9.17, 15) is 14.4 Å². The van der Waals surface area contributed by atoms with Crippen LogP contribution in [-0.4, -0.2) is 22.4 Å². The first-order valence-electron chi connectivity index (χ1n) is 9.91. The number of hydrogen-bond acceptors (Lipinski definition) is 3. The molecule has 0 aliphatic carbocycles. The van der Waals surface area contributed by atoms with Gasteiger partial charge in [0.05, 0.1) is 15.7 Å². The summed E-state index contributed by atoms with van der Waals surface area (Å²) >= 11 is 18.5. The summed E-state index contributed by atoms with van der Waals surface area (Å²) in [5, 5.41) is 3.00. The van der Waals surface area contributed by atoms with Crippen LogP contribution in [0.5, 0.6) is 0 Å². The van der Waals surface area contributed by atoms with E-state index in [1.807, 2.05) is 49.6 Å². The van der Waals surface area contributed by atoms with Crippen molar-refractivity contribution in [3.63, 3.8) is 0 Å². The molecule has 9 heteroatoms. The SMILES string of the molecule is Cc1ccc(Cl)cc1-n1c(C)cc(/C=C2\C(=O)NC(=O)N(c3cccc(Cl)c3Cl)C2=O)c1C. The van der Waals surface area contributed by atoms with E-state index in [1.165, 1.54) is 18.2 Å². The van der Waals surface area contributed by atoms with E-state index in [2.05, 4.69) is 5.32 Å². The Morgan fingerprint density at radius 2 is 1.64 bits per heavy atom. The first-order valence-corrected chi connectivity index (χ1v) is 11.0. The van der Waals surface area contributed by atoms with Crippen LogP contribution in [0.3, 0.4) is 0 Å². The third-order valence-corrected chi connectivity index (χ3v) is 6.50. The van der Waals surface area contributed by atoms with Gasteiger partial charge in [-0.05, 0) is 68.3 Å². The minimum Gasteiger partial charge on any atom is -0.318 e. The number of carbonyl (C=O) groups excluding carboxylic acids is 3. The highest BCUT2D eigenvalue weighted by Gasteiger charge is 2.38. The third-order valence-electron chi connectivity index (χ3n) is 5.46. The van der Waals surface area contributed by atoms with Gasteiger partial charge in [-0.1, -0.05) is 46.9 Å². The predicted octanol–water partition coefficient (Wildman–Crippen LogP) is 6.03. The van der Waals surface area contributed by atoms with Gasteiger partial charge in [0.25, 0.3) is 11.8 Å². The van der Waals surface area contributed by atoms with Gasteiger partial charge >= 0.3 is 6.03 Å². The largest absolute Gasteiger partial charge is 0.336 e. The van der Waals surface area contributed by atoms with Crippen LogP contribution in [0.15, 0.2) is 48.0 Å². The van der Waals surface area contributed by atoms with Crippen LogP contribution in [0.4, 0.5) is 10.5 Å². The average molecular weight is 503 g/mol. The minimum atomic E-state index is -0.897. The second kappa shape index (κ2) is 8.71. The fourth-order valence-corrected chi connectivity index (χ4v) is 4.37. The molecule has 0 unspecified atom stereocenters. The standard InChI is InChI=1S/C24H18Cl3N3O3/c1-12-7-8-16(25)11-20(12)29-13(2)9-15(14(29)3)10-17-22(31)28-24(33)30(23(17)32)19-6-4-5-18(26)21(19)27/h4-11H,1-3H3,(H,28,31,33)/b17-10+. The summed E-state index contributed by atoms with van der Waals surface area (Å²) in [6.07, 6.45) is 1.47. The van der Waals surface area contributed by atoms with Crippen LogP contribution in [0.1, 0.15) is 22.5 Å². The average Bonchev–Trinajstić information content (AvgIpc) is 3.03. The Balaban J connectivity index is 1.81. The molecule has 3 aromatic rings. The Morgan fingerprint density at radius 1 is 0.909 bits per heavy atom. The number of hydrogen-bond donors (Lipinski definition) is 1. The molecule has 0 saturated carbocycles. The lowest BCUT2D eigenvalue weighted by atomic mass is 10.1. The van der Waals surface area contributed by atoms with Crippen LogP contribution < -0.4 is 10.2 Å². The van der Waals surface area contributed by atoms with Crippen molar-refractivity contribution in [3.05, 3.63) is 85.6 Å². The maximum Gasteiger partial charge on any atom is 0.336 e. The predicted molar refractivity (Wildman–Crippen MR) is 130 cm³/mol. The molecule has 4 amide bonds. The van der Waals surface area contributed by atoms with E-state index in [1.54, 1.807) is 6.07 Å². The van der Waals surface area contributed by atoms with Crippen LogP contribution in [0.2, 0.25) is 15.1 Å². The Kier molecular flexibility index (Phi) is 6.10. The quantitative estimate of drug-likeness (QED) is 0.351. The van der Waals surface area contributed by atoms with Gasteiger partial charge in [0.15, 0.2) is 0 Å². The lowest BCUT2D eigenvalue weighted by Crippen LogP contribution is -2.54. The van der Waals surface area contributed by atoms with Crippen molar-refractivity contribution in [1.29, 1.82) is 0 Å². The monoisotopic (exact) mass is 501 g/mol. The number of nitrogens with zero attached hydrogens (tertiary/aromatic N) is 2. The molecular weight excluding hydrogens is 485 g/mol. The first-order chi connectivity index (χ1) is 15.6. The molecule has 1 saturated heterocycles. The van der Waals surface area contributed by atoms with E-state index in [4.69, 9.17) is 34.8 Å². The zero-order chi connectivity index (χ0) is 24.0. The number of aryl methyl sites for hydroxylation is 2. The van der Waals surface area contributed by atoms with Crippen LogP contribution >= 0.6 is 34.8 Å². The number of halogens is 3. The molecule has 0 radical (unpaired) electrons. The maximum atomic E-state index is 13.2. The first kappa shape index (κ1) is 23.1. The zero-order valence-electron chi connectivity index (χ0n) is 17.9. The molecule has 6 nitrogen and oxygen atoms in total. The van der Waals surface area contributed by atoms with Crippen molar-refractivity contribution in [2.24, 2.45) is 0 Å². The van der Waals surface area contributed by atoms with Gasteiger partial charge in [-0.3, -0.25) is 14.9 Å². The molecule has 168 valence electrons. The summed E-state index contributed by atoms with van der Waals surface area (Å²) < 4.78 is 2.00. The van der Waals surface area contributed by atoms with Gasteiger partial charge in [-0.25, -0.2) is 9.69 Å². The van der Waals surface area contributed by atoms with Crippen molar-refractivity contribution in [1.82, 2.24) is 9.88 Å². The molecule has 1 aliphatic rings. The molecule has 0 bridgehead atoms. The van der Waals surface area contributed by atoms with Gasteiger partial charge in [-0.2, -0.15) is 0 Å². The highest BCUT2D eigenvalue weighted by molar-refractivity contribution is 6.46. The Labute approximate surface area is 205 Å². The molecule has 33 heavy (non-hydrogen) atoms. The summed E-state index contributed by atoms with van der Waals surface area (Å²) in [5.74, 6) is -1.58. The summed E-state index contributed by atoms with van der Waals surface area (Å²) in [6, 6.07) is 11.1. The molecule has 1 fully saturated rings. The highest BCUT2D eigenvalue weighted by atomic mass is 35.5. The Hall–Kier alpha value is -3.06. The lowest BCUT2D eigenvalue weighted by Gasteiger charge is -2.27. The van der Waals surface area contributed by atoms with Crippen molar-refractivity contribution < 1.29 is 14.4 Å². The second-order valence-corrected chi connectivity index (χ2v) is 8.85. The van der Waals surface area contributed by atoms with Gasteiger partial charge in [0, 0.05) is 22.1 Å². The summed E-state index contributed by atoms with van der Waals surface area (Å²) in [7, 11) is 0. The van der Waals surface area contributed by atoms with Gasteiger partial charge in [-0.15, -0.1) is 0 Å². The number of urea groups is 1. The van der Waals surface area contributed by atoms with Gasteiger partial charge in [0.1, 0.15) is 5.57 Å². The zero-order valence-corrected chi connectivity index (χ0v) is 20.1. The molecule has 0 spiro atoms. The van der Waals surface area contributed by atoms with E-state index in [0.29, 0.717) is 10.6 Å². The van der Waals surface area contributed by atoms with Crippen LogP contribution in [0.25, 0.3) is 11.8 Å². The molecular formula is C24H18Cl3N3O3. The van der Waals surface area contributed by atoms with Gasteiger partial charge in [0.2, 0.25) is 0 Å². The second-order valence-electron chi connectivity index (χ2n) is 7.62. The van der Waals surface area contributed by atoms with Crippen molar-refractivity contribution in [3.8, 4) is 5.69 Å². The number of nitrogens with one attached hydrogen (secondary N) is 1. The van der Waals surface area contributed by atoms with Crippen molar-refractivity contribution in [2.45, 2.75) is 20.8 Å². The van der Waals surface area contributed by atoms with Crippen molar-refractivity contribution in [2.75, 3.05) is 4.90 Å². The van der Waals surface area contributed by atoms with E-state index < -0.39 is 17.8 Å². The number of carbonyl (C=O) groups is 3. The molecule has 0 atom stereocenters. The summed E-state index contributed by atoms with van der Waals surface area (Å²) in [6.45, 7) is 5.76. The normalized spacial score (nSPS) is 15.4. The summed E-state index contributed by atoms with van der Waals surface area (Å²) in [4.78, 5) is 39.1. The molecule has 4 rings (SSSR count). The fraction of sp³-hybridized carbons (Fsp3) is 0.125. The van der Waals surface area contributed by atoms with Crippen LogP contribution in [0, 0.1) is 20.8 Å². The highest BCUT2D eigenvalue weighted by Crippen LogP contribution is 2.35. The molecule has 2 heterocycles. The smallest absolute Gasteiger partial charge is 0.318 e. The minimum absolute atomic E-state index is 0.0333. The van der Waals surface area contributed by atoms with E-state index in [-0.39, 0.29) is 21.3 Å². The molecule has 1 aliphatic heterocycles. The third kappa shape index (κ3) is 4.06. The summed E-state index contributed by atoms with van der Waals surface area (Å²) in [5.41, 5.74) is 4.13. The van der Waals surface area contributed by atoms with E-state index >= 15 is 0 Å². The Morgan fingerprint density at radius 3 is 2.36 bits per heavy atom. The van der Waals surface area contributed by atoms with Crippen molar-refractivity contribution >= 4 is 64.4 Å². The fourth-order valence-electron chi connectivity index (χ4n) is 3.82. The van der Waals surface area contributed by atoms with E-state index in [0.717, 1.165) is 27.5 Å². The van der Waals surface area contributed by atoms with Crippen LogP contribution in [-0.2, 0) is 9.59 Å². The number of imide groups is 2. The molecule has 2 aromatic carbocycles. The topological polar surface area (TPSA) is 71.4 Å². The number of amides is 4.